The minimum Gasteiger partial charge on any atom is -0.523 e. The first-order valence-electron chi connectivity index (χ1n) is 5.51. The van der Waals surface area contributed by atoms with E-state index in [4.69, 9.17) is 4.43 Å². The SMILES string of the molecule is C[Si](C)(CCCCO[Si](=O)[SiH]=O)[Si](=O)[Si](=O)[SiH]=O. The average Bonchev–Trinajstić information content (AvgIpc) is 2.35. The fourth-order valence-electron chi connectivity index (χ4n) is 1.38. The third kappa shape index (κ3) is 6.88. The van der Waals surface area contributed by atoms with Gasteiger partial charge >= 0.3 is 41.7 Å². The summed E-state index contributed by atoms with van der Waals surface area (Å²) >= 11 is 0. The van der Waals surface area contributed by atoms with Crippen LogP contribution in [0.3, 0.4) is 0 Å². The van der Waals surface area contributed by atoms with Gasteiger partial charge in [0.15, 0.2) is 0 Å². The molecule has 0 aliphatic rings. The molecule has 18 heavy (non-hydrogen) atoms. The van der Waals surface area contributed by atoms with E-state index in [1.54, 1.807) is 0 Å². The van der Waals surface area contributed by atoms with Crippen LogP contribution in [-0.2, 0) is 26.7 Å². The van der Waals surface area contributed by atoms with E-state index in [-0.39, 0.29) is 0 Å². The fourth-order valence-corrected chi connectivity index (χ4v) is 28.2. The number of rotatable bonds is 10. The standard InChI is InChI=1S/C6H16O6Si6/c1-18(2,17(11)16(10)14-8)6-4-3-5-12-15(9)13-7/h13-14H,3-6H2,1-2H3. The summed E-state index contributed by atoms with van der Waals surface area (Å²) in [7, 11) is -11.7. The lowest BCUT2D eigenvalue weighted by Crippen LogP contribution is -2.47. The van der Waals surface area contributed by atoms with Crippen molar-refractivity contribution in [1.29, 1.82) is 0 Å². The molecular formula is C6H16O6Si6. The molecule has 0 aromatic heterocycles. The van der Waals surface area contributed by atoms with Crippen LogP contribution in [0.4, 0.5) is 0 Å². The van der Waals surface area contributed by atoms with Crippen LogP contribution in [0.15, 0.2) is 0 Å². The van der Waals surface area contributed by atoms with E-state index < -0.39 is 49.3 Å². The molecule has 0 atom stereocenters. The Kier molecular flexibility index (Phi) is 9.13. The molecule has 6 nitrogen and oxygen atoms in total. The van der Waals surface area contributed by atoms with Crippen LogP contribution in [0.1, 0.15) is 12.8 Å². The van der Waals surface area contributed by atoms with E-state index in [1.165, 1.54) is 0 Å². The van der Waals surface area contributed by atoms with Gasteiger partial charge in [-0.25, -0.2) is 0 Å². The molecule has 0 heterocycles. The average molecular weight is 353 g/mol. The minimum absolute atomic E-state index is 0.292. The summed E-state index contributed by atoms with van der Waals surface area (Å²) in [4.78, 5) is 0. The van der Waals surface area contributed by atoms with Gasteiger partial charge in [-0.05, 0) is 6.42 Å². The molecule has 0 saturated carbocycles. The molecule has 0 aromatic carbocycles. The van der Waals surface area contributed by atoms with Crippen LogP contribution < -0.4 is 0 Å². The quantitative estimate of drug-likeness (QED) is 0.368. The Labute approximate surface area is 115 Å². The lowest BCUT2D eigenvalue weighted by atomic mass is 10.4. The Balaban J connectivity index is 4.01. The van der Waals surface area contributed by atoms with Crippen LogP contribution in [0.25, 0.3) is 0 Å². The second kappa shape index (κ2) is 9.08. The third-order valence-corrected chi connectivity index (χ3v) is 28.5. The maximum absolute atomic E-state index is 11.9. The van der Waals surface area contributed by atoms with Gasteiger partial charge in [0.2, 0.25) is 0 Å². The molecule has 0 amide bonds. The van der Waals surface area contributed by atoms with Crippen LogP contribution in [0.2, 0.25) is 19.1 Å². The Bertz CT molecular complexity index is 368. The fraction of sp³-hybridized carbons (Fsp3) is 1.00. The summed E-state index contributed by atoms with van der Waals surface area (Å²) in [6.07, 6.45) is 1.41. The van der Waals surface area contributed by atoms with E-state index in [2.05, 4.69) is 0 Å². The Morgan fingerprint density at radius 1 is 1.06 bits per heavy atom. The highest BCUT2D eigenvalue weighted by Gasteiger charge is 2.37. The van der Waals surface area contributed by atoms with Crippen molar-refractivity contribution in [3.05, 3.63) is 0 Å². The molecule has 0 unspecified atom stereocenters. The molecule has 0 aromatic rings. The molecule has 12 heteroatoms. The topological polar surface area (TPSA) is 94.6 Å². The van der Waals surface area contributed by atoms with Crippen LogP contribution in [0.5, 0.6) is 0 Å². The van der Waals surface area contributed by atoms with E-state index in [1.807, 2.05) is 13.1 Å². The molecule has 0 rings (SSSR count). The normalized spacial score (nSPS) is 10.6. The largest absolute Gasteiger partial charge is 0.539 e. The Hall–Kier alpha value is 0.101. The molecule has 0 spiro atoms. The van der Waals surface area contributed by atoms with Gasteiger partial charge in [0.05, 0.1) is 6.61 Å². The highest BCUT2D eigenvalue weighted by molar-refractivity contribution is 7.56. The van der Waals surface area contributed by atoms with Gasteiger partial charge < -0.3 is 26.7 Å². The lowest BCUT2D eigenvalue weighted by molar-refractivity contribution is 0.293. The molecule has 0 fully saturated rings. The molecule has 100 valence electrons. The van der Waals surface area contributed by atoms with Gasteiger partial charge in [-0.15, -0.1) is 0 Å². The maximum atomic E-state index is 11.9. The van der Waals surface area contributed by atoms with Crippen LogP contribution in [-0.4, -0.2) is 55.9 Å². The van der Waals surface area contributed by atoms with Crippen LogP contribution >= 0.6 is 0 Å². The van der Waals surface area contributed by atoms with E-state index in [0.29, 0.717) is 13.0 Å². The Morgan fingerprint density at radius 2 is 1.67 bits per heavy atom. The van der Waals surface area contributed by atoms with Crippen molar-refractivity contribution in [3.8, 4) is 0 Å². The molecule has 0 N–H and O–H groups in total. The lowest BCUT2D eigenvalue weighted by Gasteiger charge is -2.16. The zero-order valence-electron chi connectivity index (χ0n) is 10.4. The summed E-state index contributed by atoms with van der Waals surface area (Å²) in [6.45, 7) is 4.09. The summed E-state index contributed by atoms with van der Waals surface area (Å²) in [5.41, 5.74) is 0. The van der Waals surface area contributed by atoms with E-state index in [0.717, 1.165) is 12.5 Å². The second-order valence-electron chi connectivity index (χ2n) is 4.44. The monoisotopic (exact) mass is 352 g/mol. The molecule has 0 bridgehead atoms. The van der Waals surface area contributed by atoms with Crippen molar-refractivity contribution in [2.24, 2.45) is 0 Å². The highest BCUT2D eigenvalue weighted by Crippen LogP contribution is 2.13. The number of hydrogen-bond acceptors (Lipinski definition) is 6. The number of unbranched alkanes of at least 4 members (excludes halogenated alkanes) is 1. The molecule has 0 aliphatic heterocycles. The second-order valence-corrected chi connectivity index (χ2v) is 27.4. The van der Waals surface area contributed by atoms with Gasteiger partial charge in [0.1, 0.15) is 7.59 Å². The molecule has 0 aliphatic carbocycles. The van der Waals surface area contributed by atoms with E-state index >= 15 is 0 Å². The molecular weight excluding hydrogens is 337 g/mol. The van der Waals surface area contributed by atoms with Gasteiger partial charge in [-0.3, -0.25) is 0 Å². The summed E-state index contributed by atoms with van der Waals surface area (Å²) in [5.74, 6) is 0. The first-order valence-corrected chi connectivity index (χ1v) is 19.4. The number of hydrogen-bond donors (Lipinski definition) is 0. The van der Waals surface area contributed by atoms with Crippen molar-refractivity contribution in [1.82, 2.24) is 0 Å². The van der Waals surface area contributed by atoms with Gasteiger partial charge in [0.25, 0.3) is 0 Å². The molecule has 0 saturated heterocycles. The van der Waals surface area contributed by atoms with Crippen molar-refractivity contribution in [2.75, 3.05) is 6.61 Å². The first kappa shape index (κ1) is 18.1. The maximum Gasteiger partial charge on any atom is 0.539 e. The molecule has 0 radical (unpaired) electrons. The Morgan fingerprint density at radius 3 is 2.17 bits per heavy atom. The van der Waals surface area contributed by atoms with Crippen molar-refractivity contribution >= 4 is 49.3 Å². The summed E-state index contributed by atoms with van der Waals surface area (Å²) < 4.78 is 59.7. The van der Waals surface area contributed by atoms with E-state index in [9.17, 15) is 22.3 Å². The van der Waals surface area contributed by atoms with Gasteiger partial charge in [-0.2, -0.15) is 0 Å². The predicted molar refractivity (Wildman–Crippen MR) is 72.5 cm³/mol. The zero-order chi connectivity index (χ0) is 14.2. The predicted octanol–water partition coefficient (Wildman–Crippen LogP) is -1.03. The van der Waals surface area contributed by atoms with Crippen molar-refractivity contribution < 1.29 is 26.7 Å². The van der Waals surface area contributed by atoms with Gasteiger partial charge in [-0.1, -0.05) is 25.6 Å². The highest BCUT2D eigenvalue weighted by atomic mass is 29.8. The zero-order valence-corrected chi connectivity index (χ0v) is 16.7. The summed E-state index contributed by atoms with van der Waals surface area (Å²) in [5, 5.41) is 0. The van der Waals surface area contributed by atoms with Crippen molar-refractivity contribution in [2.45, 2.75) is 32.0 Å². The smallest absolute Gasteiger partial charge is 0.523 e. The van der Waals surface area contributed by atoms with Crippen molar-refractivity contribution in [3.63, 3.8) is 0 Å². The summed E-state index contributed by atoms with van der Waals surface area (Å²) in [6, 6.07) is 0.731. The minimum atomic E-state index is -2.35. The first-order chi connectivity index (χ1) is 8.35. The van der Waals surface area contributed by atoms with Crippen LogP contribution in [0, 0.1) is 0 Å². The van der Waals surface area contributed by atoms with Gasteiger partial charge in [0, 0.05) is 0 Å². The third-order valence-electron chi connectivity index (χ3n) is 2.48.